The van der Waals surface area contributed by atoms with E-state index in [2.05, 4.69) is 24.1 Å². The third kappa shape index (κ3) is 3.22. The van der Waals surface area contributed by atoms with Gasteiger partial charge in [-0.05, 0) is 56.8 Å². The lowest BCUT2D eigenvalue weighted by atomic mass is 9.69. The van der Waals surface area contributed by atoms with Crippen molar-refractivity contribution in [3.63, 3.8) is 0 Å². The topological polar surface area (TPSA) is 3.24 Å². The molecule has 2 saturated carbocycles. The molecule has 0 spiro atoms. The molecule has 0 heterocycles. The second kappa shape index (κ2) is 7.08. The summed E-state index contributed by atoms with van der Waals surface area (Å²) in [5.41, 5.74) is 1.56. The van der Waals surface area contributed by atoms with Gasteiger partial charge in [0.05, 0.1) is 10.0 Å². The van der Waals surface area contributed by atoms with Gasteiger partial charge in [-0.15, -0.1) is 12.4 Å². The van der Waals surface area contributed by atoms with Gasteiger partial charge in [0.1, 0.15) is 0 Å². The standard InChI is InChI=1S/C17H23Cl2N.ClH/c1-20(14-6-3-2-4-7-14)17(10-5-11-17)13-8-9-15(18)16(19)12-13;/h8-9,12,14H,2-7,10-11H2,1H3;1H. The second-order valence-electron chi connectivity index (χ2n) is 6.42. The number of benzene rings is 1. The minimum Gasteiger partial charge on any atom is -0.294 e. The van der Waals surface area contributed by atoms with E-state index in [1.807, 2.05) is 6.07 Å². The van der Waals surface area contributed by atoms with Crippen LogP contribution in [0.2, 0.25) is 10.0 Å². The Kier molecular flexibility index (Phi) is 5.87. The van der Waals surface area contributed by atoms with E-state index in [9.17, 15) is 0 Å². The van der Waals surface area contributed by atoms with Gasteiger partial charge >= 0.3 is 0 Å². The zero-order valence-electron chi connectivity index (χ0n) is 12.6. The molecule has 1 aromatic rings. The van der Waals surface area contributed by atoms with Crippen molar-refractivity contribution in [1.29, 1.82) is 0 Å². The Labute approximate surface area is 144 Å². The number of hydrogen-bond acceptors (Lipinski definition) is 1. The zero-order chi connectivity index (χ0) is 14.2. The van der Waals surface area contributed by atoms with E-state index in [1.54, 1.807) is 0 Å². The molecule has 3 rings (SSSR count). The van der Waals surface area contributed by atoms with Crippen molar-refractivity contribution in [2.45, 2.75) is 62.9 Å². The zero-order valence-corrected chi connectivity index (χ0v) is 14.9. The molecule has 0 aromatic heterocycles. The van der Waals surface area contributed by atoms with Gasteiger partial charge in [0, 0.05) is 11.6 Å². The normalized spacial score (nSPS) is 21.7. The summed E-state index contributed by atoms with van der Waals surface area (Å²) in [6.07, 6.45) is 10.7. The Balaban J connectivity index is 0.00000161. The highest BCUT2D eigenvalue weighted by Gasteiger charge is 2.44. The summed E-state index contributed by atoms with van der Waals surface area (Å²) in [5, 5.41) is 1.35. The molecule has 0 aliphatic heterocycles. The minimum absolute atomic E-state index is 0. The van der Waals surface area contributed by atoms with Gasteiger partial charge in [-0.3, -0.25) is 4.90 Å². The van der Waals surface area contributed by atoms with Crippen LogP contribution in [0.25, 0.3) is 0 Å². The first-order chi connectivity index (χ1) is 9.63. The molecule has 0 N–H and O–H groups in total. The lowest BCUT2D eigenvalue weighted by molar-refractivity contribution is -0.0115. The van der Waals surface area contributed by atoms with Crippen molar-refractivity contribution in [3.8, 4) is 0 Å². The Morgan fingerprint density at radius 3 is 2.19 bits per heavy atom. The van der Waals surface area contributed by atoms with E-state index in [-0.39, 0.29) is 17.9 Å². The van der Waals surface area contributed by atoms with Crippen LogP contribution in [0.3, 0.4) is 0 Å². The van der Waals surface area contributed by atoms with Crippen LogP contribution in [0, 0.1) is 0 Å². The van der Waals surface area contributed by atoms with Crippen molar-refractivity contribution in [3.05, 3.63) is 33.8 Å². The summed E-state index contributed by atoms with van der Waals surface area (Å²) in [6.45, 7) is 0. The number of nitrogens with zero attached hydrogens (tertiary/aromatic N) is 1. The molecule has 2 aliphatic rings. The van der Waals surface area contributed by atoms with E-state index in [0.29, 0.717) is 10.0 Å². The third-order valence-corrected chi connectivity index (χ3v) is 6.17. The van der Waals surface area contributed by atoms with E-state index < -0.39 is 0 Å². The van der Waals surface area contributed by atoms with Crippen LogP contribution < -0.4 is 0 Å². The van der Waals surface area contributed by atoms with Crippen molar-refractivity contribution in [2.24, 2.45) is 0 Å². The predicted octanol–water partition coefficient (Wildman–Crippen LogP) is 6.06. The molecule has 0 unspecified atom stereocenters. The highest BCUT2D eigenvalue weighted by Crippen LogP contribution is 2.49. The van der Waals surface area contributed by atoms with Crippen molar-refractivity contribution in [1.82, 2.24) is 4.90 Å². The summed E-state index contributed by atoms with van der Waals surface area (Å²) in [4.78, 5) is 2.65. The first-order valence-electron chi connectivity index (χ1n) is 7.82. The molecule has 2 fully saturated rings. The molecule has 4 heteroatoms. The summed E-state index contributed by atoms with van der Waals surface area (Å²) >= 11 is 12.3. The number of halogens is 3. The fourth-order valence-corrected chi connectivity index (χ4v) is 4.26. The molecule has 0 saturated heterocycles. The second-order valence-corrected chi connectivity index (χ2v) is 7.23. The van der Waals surface area contributed by atoms with Crippen molar-refractivity contribution >= 4 is 35.6 Å². The van der Waals surface area contributed by atoms with Crippen LogP contribution in [0.1, 0.15) is 56.9 Å². The van der Waals surface area contributed by atoms with E-state index in [4.69, 9.17) is 23.2 Å². The van der Waals surface area contributed by atoms with Gasteiger partial charge in [-0.2, -0.15) is 0 Å². The quantitative estimate of drug-likeness (QED) is 0.641. The molecule has 118 valence electrons. The average Bonchev–Trinajstić information content (AvgIpc) is 2.42. The van der Waals surface area contributed by atoms with Gasteiger partial charge < -0.3 is 0 Å². The molecule has 0 atom stereocenters. The van der Waals surface area contributed by atoms with Crippen LogP contribution in [0.5, 0.6) is 0 Å². The Morgan fingerprint density at radius 1 is 1.00 bits per heavy atom. The molecule has 21 heavy (non-hydrogen) atoms. The summed E-state index contributed by atoms with van der Waals surface area (Å²) in [6, 6.07) is 6.95. The smallest absolute Gasteiger partial charge is 0.0595 e. The highest BCUT2D eigenvalue weighted by molar-refractivity contribution is 6.42. The fraction of sp³-hybridized carbons (Fsp3) is 0.647. The Bertz CT molecular complexity index is 479. The lowest BCUT2D eigenvalue weighted by Gasteiger charge is -2.53. The first kappa shape index (κ1) is 17.4. The monoisotopic (exact) mass is 347 g/mol. The number of hydrogen-bond donors (Lipinski definition) is 0. The summed E-state index contributed by atoms with van der Waals surface area (Å²) < 4.78 is 0. The largest absolute Gasteiger partial charge is 0.294 e. The van der Waals surface area contributed by atoms with Gasteiger partial charge in [0.2, 0.25) is 0 Å². The van der Waals surface area contributed by atoms with Crippen LogP contribution >= 0.6 is 35.6 Å². The molecule has 1 nitrogen and oxygen atoms in total. The predicted molar refractivity (Wildman–Crippen MR) is 93.9 cm³/mol. The highest BCUT2D eigenvalue weighted by atomic mass is 35.5. The molecule has 0 bridgehead atoms. The molecular formula is C17H24Cl3N. The van der Waals surface area contributed by atoms with Crippen LogP contribution in [0.15, 0.2) is 18.2 Å². The van der Waals surface area contributed by atoms with Gasteiger partial charge in [0.25, 0.3) is 0 Å². The molecule has 1 aromatic carbocycles. The Morgan fingerprint density at radius 2 is 1.67 bits per heavy atom. The molecular weight excluding hydrogens is 325 g/mol. The van der Waals surface area contributed by atoms with Gasteiger partial charge in [-0.1, -0.05) is 48.5 Å². The van der Waals surface area contributed by atoms with Crippen LogP contribution in [-0.2, 0) is 5.54 Å². The van der Waals surface area contributed by atoms with Gasteiger partial charge in [0.15, 0.2) is 0 Å². The van der Waals surface area contributed by atoms with E-state index in [1.165, 1.54) is 56.9 Å². The van der Waals surface area contributed by atoms with E-state index >= 15 is 0 Å². The molecule has 0 amide bonds. The maximum Gasteiger partial charge on any atom is 0.0595 e. The van der Waals surface area contributed by atoms with Crippen LogP contribution in [-0.4, -0.2) is 18.0 Å². The maximum absolute atomic E-state index is 6.24. The average molecular weight is 349 g/mol. The molecule has 2 aliphatic carbocycles. The van der Waals surface area contributed by atoms with Crippen LogP contribution in [0.4, 0.5) is 0 Å². The maximum atomic E-state index is 6.24. The van der Waals surface area contributed by atoms with Gasteiger partial charge in [-0.25, -0.2) is 0 Å². The summed E-state index contributed by atoms with van der Waals surface area (Å²) in [7, 11) is 2.32. The van der Waals surface area contributed by atoms with Crippen molar-refractivity contribution < 1.29 is 0 Å². The number of rotatable bonds is 3. The SMILES string of the molecule is CN(C1CCCCC1)C1(c2ccc(Cl)c(Cl)c2)CCC1.Cl. The minimum atomic E-state index is 0. The van der Waals surface area contributed by atoms with Crippen molar-refractivity contribution in [2.75, 3.05) is 7.05 Å². The fourth-order valence-electron chi connectivity index (χ4n) is 3.96. The third-order valence-electron chi connectivity index (χ3n) is 5.44. The summed E-state index contributed by atoms with van der Waals surface area (Å²) in [5.74, 6) is 0. The first-order valence-corrected chi connectivity index (χ1v) is 8.57. The molecule has 0 radical (unpaired) electrons. The Hall–Kier alpha value is 0.0500. The lowest BCUT2D eigenvalue weighted by Crippen LogP contribution is -2.53. The van der Waals surface area contributed by atoms with E-state index in [0.717, 1.165) is 6.04 Å².